The second-order valence-corrected chi connectivity index (χ2v) is 3.37. The first kappa shape index (κ1) is 11.8. The molecular weight excluding hydrogens is 199 g/mol. The van der Waals surface area contributed by atoms with Gasteiger partial charge in [-0.05, 0) is 13.8 Å². The van der Waals surface area contributed by atoms with E-state index in [-0.39, 0.29) is 5.38 Å². The molecule has 0 rings (SSSR count). The first-order chi connectivity index (χ1) is 5.57. The molecule has 2 atom stereocenters. The van der Waals surface area contributed by atoms with Gasteiger partial charge in [0, 0.05) is 5.38 Å². The number of hydrogen-bond donors (Lipinski definition) is 0. The van der Waals surface area contributed by atoms with Crippen LogP contribution in [-0.4, -0.2) is 23.3 Å². The van der Waals surface area contributed by atoms with E-state index in [4.69, 9.17) is 23.2 Å². The molecule has 0 fully saturated rings. The first-order valence-electron chi connectivity index (χ1n) is 3.71. The Morgan fingerprint density at radius 3 is 2.50 bits per heavy atom. The lowest BCUT2D eigenvalue weighted by Gasteiger charge is -2.03. The van der Waals surface area contributed by atoms with Crippen LogP contribution in [0.25, 0.3) is 0 Å². The van der Waals surface area contributed by atoms with Crippen molar-refractivity contribution in [3.63, 3.8) is 0 Å². The van der Waals surface area contributed by atoms with Gasteiger partial charge >= 0.3 is 5.97 Å². The molecule has 4 heteroatoms. The largest absolute Gasteiger partial charge is 0.465 e. The second-order valence-electron chi connectivity index (χ2n) is 2.22. The highest BCUT2D eigenvalue weighted by atomic mass is 35.5. The van der Waals surface area contributed by atoms with E-state index in [0.29, 0.717) is 6.61 Å². The van der Waals surface area contributed by atoms with Crippen LogP contribution in [0.4, 0.5) is 0 Å². The molecule has 0 aromatic carbocycles. The zero-order chi connectivity index (χ0) is 9.56. The number of esters is 1. The van der Waals surface area contributed by atoms with Crippen molar-refractivity contribution in [2.24, 2.45) is 0 Å². The summed E-state index contributed by atoms with van der Waals surface area (Å²) in [7, 11) is 0. The van der Waals surface area contributed by atoms with Crippen molar-refractivity contribution >= 4 is 29.2 Å². The van der Waals surface area contributed by atoms with Gasteiger partial charge < -0.3 is 4.74 Å². The average molecular weight is 211 g/mol. The van der Waals surface area contributed by atoms with Gasteiger partial charge in [-0.3, -0.25) is 4.79 Å². The number of ether oxygens (including phenoxy) is 1. The zero-order valence-corrected chi connectivity index (χ0v) is 8.60. The highest BCUT2D eigenvalue weighted by molar-refractivity contribution is 6.31. The smallest absolute Gasteiger partial charge is 0.327 e. The maximum absolute atomic E-state index is 10.9. The van der Waals surface area contributed by atoms with Crippen molar-refractivity contribution < 1.29 is 9.53 Å². The normalized spacial score (nSPS) is 16.0. The van der Waals surface area contributed by atoms with Crippen molar-refractivity contribution in [1.29, 1.82) is 0 Å². The fourth-order valence-electron chi connectivity index (χ4n) is 0.551. The van der Waals surface area contributed by atoms with Gasteiger partial charge in [-0.2, -0.15) is 0 Å². The Kier molecular flexibility index (Phi) is 6.21. The summed E-state index contributed by atoms with van der Waals surface area (Å²) in [6, 6.07) is 0. The summed E-state index contributed by atoms with van der Waals surface area (Å²) in [5.74, 6) is -0.437. The third kappa shape index (κ3) is 5.44. The van der Waals surface area contributed by atoms with Crippen molar-refractivity contribution in [2.45, 2.75) is 24.6 Å². The number of halogens is 2. The maximum atomic E-state index is 10.9. The van der Waals surface area contributed by atoms with Crippen molar-refractivity contribution in [1.82, 2.24) is 0 Å². The van der Waals surface area contributed by atoms with E-state index in [1.165, 1.54) is 6.08 Å². The summed E-state index contributed by atoms with van der Waals surface area (Å²) in [6.45, 7) is 3.86. The highest BCUT2D eigenvalue weighted by Gasteiger charge is 2.12. The predicted octanol–water partition coefficient (Wildman–Crippen LogP) is 2.34. The molecule has 0 aromatic rings. The molecule has 0 amide bonds. The van der Waals surface area contributed by atoms with Gasteiger partial charge in [0.05, 0.1) is 6.61 Å². The number of carbonyl (C=O) groups excluding carboxylic acids is 1. The number of allylic oxidation sites excluding steroid dienone is 1. The quantitative estimate of drug-likeness (QED) is 0.405. The molecule has 0 radical (unpaired) electrons. The van der Waals surface area contributed by atoms with Gasteiger partial charge in [-0.1, -0.05) is 12.2 Å². The molecule has 0 heterocycles. The van der Waals surface area contributed by atoms with Crippen LogP contribution in [0, 0.1) is 0 Å². The monoisotopic (exact) mass is 210 g/mol. The lowest BCUT2D eigenvalue weighted by atomic mass is 10.3. The fourth-order valence-corrected chi connectivity index (χ4v) is 0.782. The lowest BCUT2D eigenvalue weighted by molar-refractivity contribution is -0.141. The molecule has 0 spiro atoms. The van der Waals surface area contributed by atoms with Crippen LogP contribution in [-0.2, 0) is 9.53 Å². The summed E-state index contributed by atoms with van der Waals surface area (Å²) in [6.07, 6.45) is 3.17. The summed E-state index contributed by atoms with van der Waals surface area (Å²) in [5, 5.41) is -0.855. The molecule has 0 unspecified atom stereocenters. The molecule has 0 saturated heterocycles. The summed E-state index contributed by atoms with van der Waals surface area (Å²) in [5.41, 5.74) is 0. The van der Waals surface area contributed by atoms with Crippen LogP contribution in [0.2, 0.25) is 0 Å². The van der Waals surface area contributed by atoms with Gasteiger partial charge in [-0.25, -0.2) is 0 Å². The third-order valence-electron chi connectivity index (χ3n) is 1.06. The summed E-state index contributed by atoms with van der Waals surface area (Å²) in [4.78, 5) is 10.9. The molecule has 2 nitrogen and oxygen atoms in total. The topological polar surface area (TPSA) is 26.3 Å². The Labute approximate surface area is 82.5 Å². The number of hydrogen-bond acceptors (Lipinski definition) is 2. The third-order valence-corrected chi connectivity index (χ3v) is 1.53. The molecule has 0 aliphatic rings. The van der Waals surface area contributed by atoms with E-state index in [1.807, 2.05) is 0 Å². The van der Waals surface area contributed by atoms with E-state index in [2.05, 4.69) is 4.74 Å². The van der Waals surface area contributed by atoms with Crippen molar-refractivity contribution in [3.05, 3.63) is 12.2 Å². The van der Waals surface area contributed by atoms with Crippen LogP contribution in [0.15, 0.2) is 12.2 Å². The Hall–Kier alpha value is -0.210. The fraction of sp³-hybridized carbons (Fsp3) is 0.625. The van der Waals surface area contributed by atoms with Crippen molar-refractivity contribution in [2.75, 3.05) is 6.61 Å². The molecule has 0 N–H and O–H groups in total. The Bertz CT molecular complexity index is 166. The standard InChI is InChI=1S/C8H12Cl2O2/c1-3-12-8(11)7(10)5-4-6(2)9/h4-7H,3H2,1-2H3/b5-4+/t6-,7-/m1/s1. The minimum atomic E-state index is -0.730. The molecule has 0 saturated carbocycles. The minimum Gasteiger partial charge on any atom is -0.465 e. The highest BCUT2D eigenvalue weighted by Crippen LogP contribution is 2.04. The first-order valence-corrected chi connectivity index (χ1v) is 4.58. The van der Waals surface area contributed by atoms with Gasteiger partial charge in [-0.15, -0.1) is 23.2 Å². The molecule has 0 bridgehead atoms. The van der Waals surface area contributed by atoms with E-state index in [1.54, 1.807) is 19.9 Å². The van der Waals surface area contributed by atoms with Gasteiger partial charge in [0.2, 0.25) is 0 Å². The number of carbonyl (C=O) groups is 1. The zero-order valence-electron chi connectivity index (χ0n) is 7.09. The average Bonchev–Trinajstić information content (AvgIpc) is 2.00. The maximum Gasteiger partial charge on any atom is 0.327 e. The van der Waals surface area contributed by atoms with Crippen LogP contribution in [0.3, 0.4) is 0 Å². The van der Waals surface area contributed by atoms with Crippen LogP contribution in [0.1, 0.15) is 13.8 Å². The molecule has 12 heavy (non-hydrogen) atoms. The van der Waals surface area contributed by atoms with E-state index in [9.17, 15) is 4.79 Å². The van der Waals surface area contributed by atoms with Crippen LogP contribution < -0.4 is 0 Å². The van der Waals surface area contributed by atoms with Crippen LogP contribution in [0.5, 0.6) is 0 Å². The van der Waals surface area contributed by atoms with Gasteiger partial charge in [0.15, 0.2) is 0 Å². The number of rotatable bonds is 4. The summed E-state index contributed by atoms with van der Waals surface area (Å²) < 4.78 is 4.67. The van der Waals surface area contributed by atoms with Crippen molar-refractivity contribution in [3.8, 4) is 0 Å². The SMILES string of the molecule is CCOC(=O)[C@H](Cl)/C=C/[C@@H](C)Cl. The van der Waals surface area contributed by atoms with E-state index >= 15 is 0 Å². The lowest BCUT2D eigenvalue weighted by Crippen LogP contribution is -2.15. The Morgan fingerprint density at radius 1 is 1.50 bits per heavy atom. The van der Waals surface area contributed by atoms with E-state index in [0.717, 1.165) is 0 Å². The molecular formula is C8H12Cl2O2. The van der Waals surface area contributed by atoms with Gasteiger partial charge in [0.1, 0.15) is 5.38 Å². The molecule has 0 aromatic heterocycles. The predicted molar refractivity (Wildman–Crippen MR) is 50.7 cm³/mol. The second kappa shape index (κ2) is 6.32. The molecule has 0 aliphatic heterocycles. The van der Waals surface area contributed by atoms with Crippen LogP contribution >= 0.6 is 23.2 Å². The number of alkyl halides is 2. The minimum absolute atomic E-state index is 0.124. The molecule has 70 valence electrons. The Balaban J connectivity index is 3.86. The molecule has 0 aliphatic carbocycles. The Morgan fingerprint density at radius 2 is 2.08 bits per heavy atom. The summed E-state index contributed by atoms with van der Waals surface area (Å²) >= 11 is 11.2. The van der Waals surface area contributed by atoms with E-state index < -0.39 is 11.3 Å². The van der Waals surface area contributed by atoms with Gasteiger partial charge in [0.25, 0.3) is 0 Å².